The van der Waals surface area contributed by atoms with E-state index in [1.165, 1.54) is 11.8 Å². The summed E-state index contributed by atoms with van der Waals surface area (Å²) in [7, 11) is 0. The highest BCUT2D eigenvalue weighted by Crippen LogP contribution is 2.39. The van der Waals surface area contributed by atoms with Crippen LogP contribution in [0.25, 0.3) is 0 Å². The predicted octanol–water partition coefficient (Wildman–Crippen LogP) is 2.85. The van der Waals surface area contributed by atoms with Gasteiger partial charge in [0.2, 0.25) is 0 Å². The third kappa shape index (κ3) is 3.89. The van der Waals surface area contributed by atoms with Gasteiger partial charge in [-0.3, -0.25) is 10.1 Å². The Balaban J connectivity index is 3.13. The number of benzene rings is 1. The molecule has 1 unspecified atom stereocenters. The number of nitrogens with zero attached hydrogens (tertiary/aromatic N) is 1. The van der Waals surface area contributed by atoms with Crippen molar-refractivity contribution < 1.29 is 14.8 Å². The van der Waals surface area contributed by atoms with E-state index in [9.17, 15) is 10.1 Å². The van der Waals surface area contributed by atoms with Crippen LogP contribution in [0.1, 0.15) is 20.8 Å². The number of aliphatic hydroxyl groups excluding tert-OH is 1. The molecule has 1 atom stereocenters. The van der Waals surface area contributed by atoms with Crippen molar-refractivity contribution in [2.75, 3.05) is 6.61 Å². The summed E-state index contributed by atoms with van der Waals surface area (Å²) >= 11 is 1.27. The first-order valence-corrected chi connectivity index (χ1v) is 6.55. The van der Waals surface area contributed by atoms with E-state index in [0.717, 1.165) is 0 Å². The number of hydrogen-bond donors (Lipinski definition) is 1. The Hall–Kier alpha value is -1.27. The van der Waals surface area contributed by atoms with Gasteiger partial charge in [0.05, 0.1) is 22.5 Å². The van der Waals surface area contributed by atoms with Gasteiger partial charge in [0.15, 0.2) is 5.75 Å². The van der Waals surface area contributed by atoms with Crippen LogP contribution in [-0.4, -0.2) is 28.0 Å². The third-order valence-electron chi connectivity index (χ3n) is 2.09. The molecule has 0 fully saturated rings. The van der Waals surface area contributed by atoms with Gasteiger partial charge in [0.1, 0.15) is 0 Å². The number of aliphatic hydroxyl groups is 1. The van der Waals surface area contributed by atoms with Crippen LogP contribution in [0.2, 0.25) is 0 Å². The average molecular weight is 271 g/mol. The monoisotopic (exact) mass is 271 g/mol. The van der Waals surface area contributed by atoms with E-state index in [-0.39, 0.29) is 29.4 Å². The van der Waals surface area contributed by atoms with Crippen LogP contribution in [0.15, 0.2) is 23.1 Å². The molecule has 0 heterocycles. The molecule has 6 heteroatoms. The van der Waals surface area contributed by atoms with Crippen LogP contribution in [0.3, 0.4) is 0 Å². The lowest BCUT2D eigenvalue weighted by molar-refractivity contribution is -0.388. The number of para-hydroxylation sites is 1. The normalized spacial score (nSPS) is 12.5. The first-order chi connectivity index (χ1) is 8.45. The van der Waals surface area contributed by atoms with Crippen molar-refractivity contribution in [3.8, 4) is 5.75 Å². The number of nitro benzene ring substituents is 1. The molecule has 1 rings (SSSR count). The maximum Gasteiger partial charge on any atom is 0.324 e. The van der Waals surface area contributed by atoms with Crippen molar-refractivity contribution in [2.24, 2.45) is 0 Å². The standard InChI is InChI=1S/C12H17NO4S/c1-8(2)17-10-5-4-6-11(12(10)13(15)16)18-9(3)7-14/h4-6,8-9,14H,7H2,1-3H3. The summed E-state index contributed by atoms with van der Waals surface area (Å²) in [5, 5.41) is 20.1. The molecule has 1 N–H and O–H groups in total. The lowest BCUT2D eigenvalue weighted by Gasteiger charge is -2.13. The molecule has 0 amide bonds. The van der Waals surface area contributed by atoms with E-state index in [1.807, 2.05) is 20.8 Å². The summed E-state index contributed by atoms with van der Waals surface area (Å²) < 4.78 is 5.45. The number of thioether (sulfide) groups is 1. The maximum atomic E-state index is 11.1. The van der Waals surface area contributed by atoms with Crippen molar-refractivity contribution in [1.29, 1.82) is 0 Å². The lowest BCUT2D eigenvalue weighted by atomic mass is 10.3. The number of hydrogen-bond acceptors (Lipinski definition) is 5. The van der Waals surface area contributed by atoms with Crippen molar-refractivity contribution in [2.45, 2.75) is 37.0 Å². The first kappa shape index (κ1) is 14.8. The quantitative estimate of drug-likeness (QED) is 0.489. The van der Waals surface area contributed by atoms with Gasteiger partial charge in [-0.1, -0.05) is 13.0 Å². The van der Waals surface area contributed by atoms with Gasteiger partial charge in [-0.25, -0.2) is 0 Å². The summed E-state index contributed by atoms with van der Waals surface area (Å²) in [6.45, 7) is 5.42. The van der Waals surface area contributed by atoms with Gasteiger partial charge in [0.25, 0.3) is 0 Å². The Bertz CT molecular complexity index is 423. The fourth-order valence-electron chi connectivity index (χ4n) is 1.38. The fourth-order valence-corrected chi connectivity index (χ4v) is 2.33. The molecular weight excluding hydrogens is 254 g/mol. The minimum Gasteiger partial charge on any atom is -0.484 e. The van der Waals surface area contributed by atoms with Crippen molar-refractivity contribution in [1.82, 2.24) is 0 Å². The van der Waals surface area contributed by atoms with Crippen molar-refractivity contribution in [3.63, 3.8) is 0 Å². The second-order valence-electron chi connectivity index (χ2n) is 4.14. The largest absolute Gasteiger partial charge is 0.484 e. The second-order valence-corrected chi connectivity index (χ2v) is 5.62. The SMILES string of the molecule is CC(C)Oc1cccc(SC(C)CO)c1[N+](=O)[O-]. The topological polar surface area (TPSA) is 72.6 Å². The van der Waals surface area contributed by atoms with Crippen LogP contribution in [-0.2, 0) is 0 Å². The Morgan fingerprint density at radius 3 is 2.61 bits per heavy atom. The third-order valence-corrected chi connectivity index (χ3v) is 3.23. The molecule has 100 valence electrons. The van der Waals surface area contributed by atoms with Crippen LogP contribution >= 0.6 is 11.8 Å². The van der Waals surface area contributed by atoms with E-state index in [4.69, 9.17) is 9.84 Å². The van der Waals surface area contributed by atoms with Gasteiger partial charge in [0, 0.05) is 5.25 Å². The molecule has 0 aliphatic carbocycles. The highest BCUT2D eigenvalue weighted by molar-refractivity contribution is 8.00. The van der Waals surface area contributed by atoms with Crippen molar-refractivity contribution in [3.05, 3.63) is 28.3 Å². The summed E-state index contributed by atoms with van der Waals surface area (Å²) in [5.41, 5.74) is -0.0310. The zero-order chi connectivity index (χ0) is 13.7. The van der Waals surface area contributed by atoms with Crippen molar-refractivity contribution >= 4 is 17.4 Å². The smallest absolute Gasteiger partial charge is 0.324 e. The fraction of sp³-hybridized carbons (Fsp3) is 0.500. The predicted molar refractivity (Wildman–Crippen MR) is 71.3 cm³/mol. The number of rotatable bonds is 6. The Morgan fingerprint density at radius 2 is 2.11 bits per heavy atom. The Labute approximate surface area is 110 Å². The molecule has 1 aromatic carbocycles. The van der Waals surface area contributed by atoms with Gasteiger partial charge in [-0.2, -0.15) is 0 Å². The molecule has 5 nitrogen and oxygen atoms in total. The van der Waals surface area contributed by atoms with Crippen LogP contribution in [0.4, 0.5) is 5.69 Å². The molecule has 0 saturated carbocycles. The maximum absolute atomic E-state index is 11.1. The minimum absolute atomic E-state index is 0.0307. The average Bonchev–Trinajstić information content (AvgIpc) is 2.27. The van der Waals surface area contributed by atoms with Crippen LogP contribution < -0.4 is 4.74 Å². The van der Waals surface area contributed by atoms with E-state index in [1.54, 1.807) is 18.2 Å². The Kier molecular flexibility index (Phi) is 5.43. The number of nitro groups is 1. The summed E-state index contributed by atoms with van der Waals surface area (Å²) in [5.74, 6) is 0.269. The molecular formula is C12H17NO4S. The molecule has 18 heavy (non-hydrogen) atoms. The summed E-state index contributed by atoms with van der Waals surface area (Å²) in [4.78, 5) is 11.2. The summed E-state index contributed by atoms with van der Waals surface area (Å²) in [6, 6.07) is 4.98. The second kappa shape index (κ2) is 6.61. The molecule has 0 spiro atoms. The summed E-state index contributed by atoms with van der Waals surface area (Å²) in [6.07, 6.45) is -0.126. The van der Waals surface area contributed by atoms with Gasteiger partial charge < -0.3 is 9.84 Å². The first-order valence-electron chi connectivity index (χ1n) is 5.67. The highest BCUT2D eigenvalue weighted by atomic mass is 32.2. The van der Waals surface area contributed by atoms with Crippen LogP contribution in [0, 0.1) is 10.1 Å². The molecule has 0 aliphatic heterocycles. The minimum atomic E-state index is -0.440. The van der Waals surface area contributed by atoms with E-state index in [0.29, 0.717) is 4.90 Å². The molecule has 0 bridgehead atoms. The lowest BCUT2D eigenvalue weighted by Crippen LogP contribution is -2.08. The zero-order valence-corrected chi connectivity index (χ0v) is 11.4. The molecule has 0 aliphatic rings. The Morgan fingerprint density at radius 1 is 1.44 bits per heavy atom. The molecule has 0 aromatic heterocycles. The number of ether oxygens (including phenoxy) is 1. The van der Waals surface area contributed by atoms with Gasteiger partial charge in [-0.15, -0.1) is 11.8 Å². The highest BCUT2D eigenvalue weighted by Gasteiger charge is 2.23. The molecule has 0 saturated heterocycles. The molecule has 0 radical (unpaired) electrons. The molecule has 1 aromatic rings. The van der Waals surface area contributed by atoms with E-state index in [2.05, 4.69) is 0 Å². The van der Waals surface area contributed by atoms with E-state index >= 15 is 0 Å². The zero-order valence-electron chi connectivity index (χ0n) is 10.6. The van der Waals surface area contributed by atoms with Crippen LogP contribution in [0.5, 0.6) is 5.75 Å². The van der Waals surface area contributed by atoms with Gasteiger partial charge in [-0.05, 0) is 26.0 Å². The van der Waals surface area contributed by atoms with Gasteiger partial charge >= 0.3 is 5.69 Å². The van der Waals surface area contributed by atoms with E-state index < -0.39 is 4.92 Å².